The van der Waals surface area contributed by atoms with Gasteiger partial charge in [0.05, 0.1) is 5.60 Å². The summed E-state index contributed by atoms with van der Waals surface area (Å²) in [6, 6.07) is 25.9. The van der Waals surface area contributed by atoms with Gasteiger partial charge in [-0.15, -0.1) is 0 Å². The fourth-order valence-corrected chi connectivity index (χ4v) is 12.6. The highest BCUT2D eigenvalue weighted by Gasteiger charge is 2.67. The van der Waals surface area contributed by atoms with Crippen molar-refractivity contribution in [3.8, 4) is 0 Å². The maximum Gasteiger partial charge on any atom is 0.0598 e. The van der Waals surface area contributed by atoms with E-state index in [1.807, 2.05) is 0 Å². The van der Waals surface area contributed by atoms with E-state index in [9.17, 15) is 0 Å². The van der Waals surface area contributed by atoms with Gasteiger partial charge in [0.1, 0.15) is 0 Å². The van der Waals surface area contributed by atoms with Crippen LogP contribution in [-0.4, -0.2) is 36.2 Å². The molecule has 0 bridgehead atoms. The zero-order chi connectivity index (χ0) is 31.7. The number of nitrogens with zero attached hydrogens (tertiary/aromatic N) is 1. The average molecular weight is 624 g/mol. The van der Waals surface area contributed by atoms with Crippen LogP contribution in [0.4, 0.5) is 0 Å². The number of ether oxygens (including phenoxy) is 1. The van der Waals surface area contributed by atoms with Crippen LogP contribution in [0.5, 0.6) is 0 Å². The summed E-state index contributed by atoms with van der Waals surface area (Å²) in [4.78, 5) is 2.99. The van der Waals surface area contributed by atoms with Crippen molar-refractivity contribution < 1.29 is 4.74 Å². The van der Waals surface area contributed by atoms with Crippen LogP contribution in [-0.2, 0) is 10.2 Å². The molecule has 0 amide bonds. The first-order valence-electron chi connectivity index (χ1n) is 19.9. The van der Waals surface area contributed by atoms with E-state index in [0.29, 0.717) is 0 Å². The fraction of sp³-hybridized carbons (Fsp3) is 0.727. The molecule has 0 spiro atoms. The van der Waals surface area contributed by atoms with Gasteiger partial charge in [0, 0.05) is 24.1 Å². The Kier molecular flexibility index (Phi) is 10.1. The Morgan fingerprint density at radius 2 is 1.28 bits per heavy atom. The van der Waals surface area contributed by atoms with Gasteiger partial charge >= 0.3 is 0 Å². The first-order chi connectivity index (χ1) is 22.4. The monoisotopic (exact) mass is 624 g/mol. The summed E-state index contributed by atoms with van der Waals surface area (Å²) < 4.78 is 6.00. The van der Waals surface area contributed by atoms with Gasteiger partial charge in [0.15, 0.2) is 0 Å². The molecule has 4 saturated carbocycles. The van der Waals surface area contributed by atoms with E-state index in [4.69, 9.17) is 4.74 Å². The molecule has 46 heavy (non-hydrogen) atoms. The SMILES string of the molecule is CN1C2CCCCC2C2C1C1CCCCC1C2C(c1ccccc1)(c1ccccc1)C1CCC(CCCCCCOC(C)(C)C)C1. The smallest absolute Gasteiger partial charge is 0.0598 e. The normalized spacial score (nSPS) is 34.7. The van der Waals surface area contributed by atoms with E-state index < -0.39 is 0 Å². The topological polar surface area (TPSA) is 12.5 Å². The summed E-state index contributed by atoms with van der Waals surface area (Å²) in [5.41, 5.74) is 3.42. The molecule has 0 N–H and O–H groups in total. The minimum absolute atomic E-state index is 0.00828. The zero-order valence-corrected chi connectivity index (χ0v) is 29.8. The average Bonchev–Trinajstić information content (AvgIpc) is 3.76. The Hall–Kier alpha value is -1.64. The molecule has 0 radical (unpaired) electrons. The lowest BCUT2D eigenvalue weighted by atomic mass is 9.51. The first-order valence-corrected chi connectivity index (χ1v) is 19.9. The Morgan fingerprint density at radius 1 is 0.674 bits per heavy atom. The van der Waals surface area contributed by atoms with Gasteiger partial charge < -0.3 is 4.74 Å². The number of rotatable bonds is 11. The summed E-state index contributed by atoms with van der Waals surface area (Å²) in [6.07, 6.45) is 22.6. The number of fused-ring (bicyclic) bond motifs is 5. The van der Waals surface area contributed by atoms with Crippen molar-refractivity contribution in [2.45, 2.75) is 147 Å². The van der Waals surface area contributed by atoms with Gasteiger partial charge in [0.25, 0.3) is 0 Å². The molecule has 252 valence electrons. The Bertz CT molecular complexity index is 1190. The van der Waals surface area contributed by atoms with Gasteiger partial charge in [-0.2, -0.15) is 0 Å². The van der Waals surface area contributed by atoms with Crippen molar-refractivity contribution in [1.82, 2.24) is 4.90 Å². The molecule has 2 nitrogen and oxygen atoms in total. The molecular weight excluding hydrogens is 558 g/mol. The van der Waals surface area contributed by atoms with Crippen molar-refractivity contribution in [3.05, 3.63) is 71.8 Å². The second kappa shape index (κ2) is 14.1. The van der Waals surface area contributed by atoms with Crippen LogP contribution in [0.3, 0.4) is 0 Å². The third-order valence-electron chi connectivity index (χ3n) is 14.1. The van der Waals surface area contributed by atoms with Crippen molar-refractivity contribution in [1.29, 1.82) is 0 Å². The fourth-order valence-electron chi connectivity index (χ4n) is 12.6. The van der Waals surface area contributed by atoms with Gasteiger partial charge in [-0.3, -0.25) is 4.90 Å². The molecule has 2 aromatic carbocycles. The molecule has 4 aliphatic carbocycles. The first kappa shape index (κ1) is 32.9. The highest BCUT2D eigenvalue weighted by Crippen LogP contribution is 2.68. The number of hydrogen-bond acceptors (Lipinski definition) is 2. The van der Waals surface area contributed by atoms with E-state index >= 15 is 0 Å². The second-order valence-corrected chi connectivity index (χ2v) is 17.5. The second-order valence-electron chi connectivity index (χ2n) is 17.5. The molecule has 5 fully saturated rings. The van der Waals surface area contributed by atoms with Gasteiger partial charge in [-0.1, -0.05) is 118 Å². The van der Waals surface area contributed by atoms with E-state index in [2.05, 4.69) is 93.4 Å². The minimum Gasteiger partial charge on any atom is -0.376 e. The molecule has 9 atom stereocenters. The lowest BCUT2D eigenvalue weighted by Crippen LogP contribution is -2.49. The van der Waals surface area contributed by atoms with E-state index in [0.717, 1.165) is 60.1 Å². The van der Waals surface area contributed by atoms with Crippen LogP contribution in [0.2, 0.25) is 0 Å². The summed E-state index contributed by atoms with van der Waals surface area (Å²) in [6.45, 7) is 7.43. The van der Waals surface area contributed by atoms with E-state index in [1.54, 1.807) is 11.1 Å². The zero-order valence-electron chi connectivity index (χ0n) is 29.8. The number of unbranched alkanes of at least 4 members (excludes halogenated alkanes) is 3. The molecule has 2 aromatic rings. The predicted molar refractivity (Wildman–Crippen MR) is 193 cm³/mol. The molecule has 2 heteroatoms. The molecule has 1 aliphatic heterocycles. The summed E-state index contributed by atoms with van der Waals surface area (Å²) in [5.74, 6) is 5.88. The molecule has 7 rings (SSSR count). The van der Waals surface area contributed by atoms with Crippen molar-refractivity contribution >= 4 is 0 Å². The molecule has 1 heterocycles. The number of likely N-dealkylation sites (tertiary alicyclic amines) is 1. The summed E-state index contributed by atoms with van der Waals surface area (Å²) in [7, 11) is 2.56. The molecular formula is C44H65NO. The molecule has 5 aliphatic rings. The Balaban J connectivity index is 1.21. The van der Waals surface area contributed by atoms with E-state index in [-0.39, 0.29) is 11.0 Å². The maximum absolute atomic E-state index is 6.00. The van der Waals surface area contributed by atoms with Crippen molar-refractivity contribution in [2.75, 3.05) is 13.7 Å². The lowest BCUT2D eigenvalue weighted by Gasteiger charge is -2.52. The highest BCUT2D eigenvalue weighted by molar-refractivity contribution is 5.44. The Morgan fingerprint density at radius 3 is 1.96 bits per heavy atom. The van der Waals surface area contributed by atoms with Crippen molar-refractivity contribution in [3.63, 3.8) is 0 Å². The number of hydrogen-bond donors (Lipinski definition) is 0. The minimum atomic E-state index is -0.00828. The maximum atomic E-state index is 6.00. The summed E-state index contributed by atoms with van der Waals surface area (Å²) >= 11 is 0. The van der Waals surface area contributed by atoms with Crippen LogP contribution in [0, 0.1) is 41.4 Å². The van der Waals surface area contributed by atoms with Crippen LogP contribution in [0.25, 0.3) is 0 Å². The predicted octanol–water partition coefficient (Wildman–Crippen LogP) is 11.1. The quantitative estimate of drug-likeness (QED) is 0.231. The van der Waals surface area contributed by atoms with Crippen LogP contribution in [0.1, 0.15) is 135 Å². The lowest BCUT2D eigenvalue weighted by molar-refractivity contribution is -0.00476. The standard InChI is InChI=1S/C44H65NO/c1-43(2,3)46-30-18-6-5-9-19-32-28-29-35(31-32)44(33-20-10-7-11-21-33,34-22-12-8-13-23-34)41-36-24-14-15-25-37(36)42-40(41)38-26-16-17-27-39(38)45(42)4/h7-8,10-13,20-23,32,35-42H,5-6,9,14-19,24-31H2,1-4H3. The number of benzene rings is 2. The molecule has 9 unspecified atom stereocenters. The molecule has 1 saturated heterocycles. The largest absolute Gasteiger partial charge is 0.376 e. The van der Waals surface area contributed by atoms with Crippen LogP contribution < -0.4 is 0 Å². The summed E-state index contributed by atoms with van der Waals surface area (Å²) in [5, 5.41) is 0. The van der Waals surface area contributed by atoms with Gasteiger partial charge in [0.2, 0.25) is 0 Å². The Labute approximate surface area is 282 Å². The van der Waals surface area contributed by atoms with Crippen LogP contribution >= 0.6 is 0 Å². The third kappa shape index (κ3) is 6.17. The molecule has 0 aromatic heterocycles. The third-order valence-corrected chi connectivity index (χ3v) is 14.1. The van der Waals surface area contributed by atoms with Gasteiger partial charge in [-0.05, 0) is 125 Å². The van der Waals surface area contributed by atoms with E-state index in [1.165, 1.54) is 103 Å². The highest BCUT2D eigenvalue weighted by atomic mass is 16.5. The van der Waals surface area contributed by atoms with Crippen LogP contribution in [0.15, 0.2) is 60.7 Å². The van der Waals surface area contributed by atoms with Gasteiger partial charge in [-0.25, -0.2) is 0 Å². The van der Waals surface area contributed by atoms with Crippen molar-refractivity contribution in [2.24, 2.45) is 41.4 Å².